The molecule has 0 saturated carbocycles. The van der Waals surface area contributed by atoms with E-state index in [-0.39, 0.29) is 5.91 Å². The van der Waals surface area contributed by atoms with Gasteiger partial charge in [-0.25, -0.2) is 0 Å². The number of amides is 1. The zero-order valence-electron chi connectivity index (χ0n) is 17.6. The minimum Gasteiger partial charge on any atom is -0.371 e. The molecule has 5 saturated heterocycles. The van der Waals surface area contributed by atoms with Crippen molar-refractivity contribution in [3.8, 4) is 0 Å². The number of hydrogen-bond donors (Lipinski definition) is 0. The van der Waals surface area contributed by atoms with Crippen LogP contribution in [0, 0.1) is 5.92 Å². The van der Waals surface area contributed by atoms with Crippen LogP contribution in [0.4, 0.5) is 5.69 Å². The molecule has 0 radical (unpaired) electrons. The lowest BCUT2D eigenvalue weighted by Crippen LogP contribution is -2.60. The Hall–Kier alpha value is -2.33. The molecule has 2 bridgehead atoms. The number of nitrogens with zero attached hydrogens (tertiary/aromatic N) is 3. The molecule has 7 rings (SSSR count). The third-order valence-electron chi connectivity index (χ3n) is 8.06. The van der Waals surface area contributed by atoms with Gasteiger partial charge in [0.25, 0.3) is 5.91 Å². The monoisotopic (exact) mass is 401 g/mol. The summed E-state index contributed by atoms with van der Waals surface area (Å²) in [6, 6.07) is 20.1. The maximum absolute atomic E-state index is 14.0. The Balaban J connectivity index is 1.37. The smallest absolute Gasteiger partial charge is 0.256 e. The number of anilines is 1. The van der Waals surface area contributed by atoms with Gasteiger partial charge in [0.15, 0.2) is 0 Å². The summed E-state index contributed by atoms with van der Waals surface area (Å²) < 4.78 is 0. The number of hydrogen-bond acceptors (Lipinski definition) is 3. The highest BCUT2D eigenvalue weighted by atomic mass is 16.2. The van der Waals surface area contributed by atoms with E-state index in [1.807, 2.05) is 6.07 Å². The van der Waals surface area contributed by atoms with E-state index in [9.17, 15) is 4.79 Å². The predicted octanol–water partition coefficient (Wildman–Crippen LogP) is 3.99. The lowest BCUT2D eigenvalue weighted by molar-refractivity contribution is -0.00338. The van der Waals surface area contributed by atoms with Crippen LogP contribution in [0.25, 0.3) is 0 Å². The van der Waals surface area contributed by atoms with E-state index < -0.39 is 0 Å². The molecule has 156 valence electrons. The van der Waals surface area contributed by atoms with Crippen molar-refractivity contribution in [2.75, 3.05) is 37.6 Å². The van der Waals surface area contributed by atoms with Gasteiger partial charge in [0.05, 0.1) is 11.6 Å². The van der Waals surface area contributed by atoms with E-state index >= 15 is 0 Å². The first-order valence-electron chi connectivity index (χ1n) is 11.8. The second kappa shape index (κ2) is 7.42. The average molecular weight is 402 g/mol. The number of carbonyl (C=O) groups is 1. The van der Waals surface area contributed by atoms with E-state index in [1.54, 1.807) is 0 Å². The van der Waals surface area contributed by atoms with Gasteiger partial charge in [0.1, 0.15) is 0 Å². The predicted molar refractivity (Wildman–Crippen MR) is 120 cm³/mol. The first-order chi connectivity index (χ1) is 14.8. The number of benzene rings is 2. The molecule has 0 spiro atoms. The van der Waals surface area contributed by atoms with Gasteiger partial charge < -0.3 is 9.80 Å². The number of para-hydroxylation sites is 1. The van der Waals surface area contributed by atoms with Crippen LogP contribution in [0.2, 0.25) is 0 Å². The Morgan fingerprint density at radius 1 is 0.800 bits per heavy atom. The molecule has 0 aromatic heterocycles. The van der Waals surface area contributed by atoms with Crippen LogP contribution < -0.4 is 4.90 Å². The average Bonchev–Trinajstić information content (AvgIpc) is 3.50. The highest BCUT2D eigenvalue weighted by Crippen LogP contribution is 2.47. The van der Waals surface area contributed by atoms with Gasteiger partial charge in [0.2, 0.25) is 0 Å². The lowest BCUT2D eigenvalue weighted by atomic mass is 9.75. The van der Waals surface area contributed by atoms with Crippen molar-refractivity contribution in [2.24, 2.45) is 5.92 Å². The molecule has 0 N–H and O–H groups in total. The Morgan fingerprint density at radius 2 is 1.50 bits per heavy atom. The third-order valence-corrected chi connectivity index (χ3v) is 8.06. The fourth-order valence-corrected chi connectivity index (χ4v) is 6.69. The molecule has 0 aliphatic carbocycles. The molecule has 1 amide bonds. The van der Waals surface area contributed by atoms with Crippen LogP contribution in [0.5, 0.6) is 0 Å². The van der Waals surface area contributed by atoms with Crippen LogP contribution in [0.3, 0.4) is 0 Å². The van der Waals surface area contributed by atoms with Crippen molar-refractivity contribution in [1.29, 1.82) is 0 Å². The molecule has 0 unspecified atom stereocenters. The summed E-state index contributed by atoms with van der Waals surface area (Å²) in [5.74, 6) is 1.32. The van der Waals surface area contributed by atoms with E-state index in [2.05, 4.69) is 63.2 Å². The molecule has 5 aliphatic heterocycles. The fourth-order valence-electron chi connectivity index (χ4n) is 6.69. The summed E-state index contributed by atoms with van der Waals surface area (Å²) in [5.41, 5.74) is 3.44. The molecule has 5 fully saturated rings. The van der Waals surface area contributed by atoms with Gasteiger partial charge in [-0.3, -0.25) is 9.69 Å². The zero-order chi connectivity index (χ0) is 20.1. The SMILES string of the molecule is O=C(c1ccccc1N1CCCC1)N1C[C@@H](c2ccccc2)[C@@H]2[C@H]1C1CCN2CC1. The highest BCUT2D eigenvalue weighted by molar-refractivity contribution is 6.00. The van der Waals surface area contributed by atoms with E-state index in [4.69, 9.17) is 0 Å². The number of carbonyl (C=O) groups excluding carboxylic acids is 1. The van der Waals surface area contributed by atoms with Crippen molar-refractivity contribution < 1.29 is 4.79 Å². The molecule has 3 atom stereocenters. The molecule has 4 heteroatoms. The van der Waals surface area contributed by atoms with Crippen LogP contribution in [0.15, 0.2) is 54.6 Å². The third kappa shape index (κ3) is 2.88. The van der Waals surface area contributed by atoms with Crippen LogP contribution in [-0.4, -0.2) is 60.5 Å². The summed E-state index contributed by atoms with van der Waals surface area (Å²) in [6.45, 7) is 5.38. The Morgan fingerprint density at radius 3 is 2.27 bits per heavy atom. The largest absolute Gasteiger partial charge is 0.371 e. The van der Waals surface area contributed by atoms with Gasteiger partial charge in [-0.1, -0.05) is 42.5 Å². The molecule has 4 nitrogen and oxygen atoms in total. The molecule has 5 aliphatic rings. The molecular formula is C26H31N3O. The van der Waals surface area contributed by atoms with E-state index in [0.717, 1.165) is 30.9 Å². The normalized spacial score (nSPS) is 32.5. The summed E-state index contributed by atoms with van der Waals surface area (Å²) >= 11 is 0. The molecule has 30 heavy (non-hydrogen) atoms. The van der Waals surface area contributed by atoms with Gasteiger partial charge in [0, 0.05) is 37.3 Å². The van der Waals surface area contributed by atoms with Crippen LogP contribution in [-0.2, 0) is 0 Å². The minimum atomic E-state index is 0.250. The standard InChI is InChI=1S/C26H31N3O/c30-26(21-10-4-5-11-23(21)27-14-6-7-15-27)29-18-22(19-8-2-1-3-9-19)25-24(29)20-12-16-28(25)17-13-20/h1-5,8-11,20,22,24-25H,6-7,12-18H2/t22-,24+,25+/m0/s1. The van der Waals surface area contributed by atoms with E-state index in [0.29, 0.717) is 23.9 Å². The van der Waals surface area contributed by atoms with Crippen molar-refractivity contribution in [1.82, 2.24) is 9.80 Å². The zero-order valence-corrected chi connectivity index (χ0v) is 17.6. The summed E-state index contributed by atoms with van der Waals surface area (Å²) in [5, 5.41) is 0. The molecule has 5 heterocycles. The van der Waals surface area contributed by atoms with Gasteiger partial charge in [-0.2, -0.15) is 0 Å². The van der Waals surface area contributed by atoms with Crippen molar-refractivity contribution >= 4 is 11.6 Å². The second-order valence-corrected chi connectivity index (χ2v) is 9.54. The highest BCUT2D eigenvalue weighted by Gasteiger charge is 2.54. The molecule has 2 aromatic carbocycles. The maximum Gasteiger partial charge on any atom is 0.256 e. The summed E-state index contributed by atoms with van der Waals surface area (Å²) in [4.78, 5) is 21.4. The minimum absolute atomic E-state index is 0.250. The number of piperidine rings is 3. The quantitative estimate of drug-likeness (QED) is 0.778. The first-order valence-corrected chi connectivity index (χ1v) is 11.8. The van der Waals surface area contributed by atoms with Gasteiger partial charge >= 0.3 is 0 Å². The van der Waals surface area contributed by atoms with Crippen molar-refractivity contribution in [3.63, 3.8) is 0 Å². The second-order valence-electron chi connectivity index (χ2n) is 9.54. The topological polar surface area (TPSA) is 26.8 Å². The fraction of sp³-hybridized carbons (Fsp3) is 0.500. The Labute approximate surface area is 179 Å². The van der Waals surface area contributed by atoms with Crippen molar-refractivity contribution in [2.45, 2.75) is 43.7 Å². The van der Waals surface area contributed by atoms with Gasteiger partial charge in [-0.15, -0.1) is 0 Å². The van der Waals surface area contributed by atoms with E-state index in [1.165, 1.54) is 44.3 Å². The molecular weight excluding hydrogens is 370 g/mol. The summed E-state index contributed by atoms with van der Waals surface area (Å²) in [7, 11) is 0. The molecule has 2 aromatic rings. The van der Waals surface area contributed by atoms with Gasteiger partial charge in [-0.05, 0) is 62.4 Å². The summed E-state index contributed by atoms with van der Waals surface area (Å²) in [6.07, 6.45) is 4.93. The number of rotatable bonds is 3. The number of fused-ring (bicyclic) bond motifs is 2. The Kier molecular flexibility index (Phi) is 4.56. The van der Waals surface area contributed by atoms with Crippen molar-refractivity contribution in [3.05, 3.63) is 65.7 Å². The van der Waals surface area contributed by atoms with Crippen LogP contribution >= 0.6 is 0 Å². The van der Waals surface area contributed by atoms with Crippen LogP contribution in [0.1, 0.15) is 47.5 Å². The number of likely N-dealkylation sites (tertiary alicyclic amines) is 1. The first kappa shape index (κ1) is 18.4. The maximum atomic E-state index is 14.0. The Bertz CT molecular complexity index is 915. The lowest BCUT2D eigenvalue weighted by Gasteiger charge is -2.51.